The summed E-state index contributed by atoms with van der Waals surface area (Å²) < 4.78 is 17.7. The van der Waals surface area contributed by atoms with Crippen LogP contribution in [0.25, 0.3) is 0 Å². The van der Waals surface area contributed by atoms with Crippen LogP contribution in [0.4, 0.5) is 0 Å². The van der Waals surface area contributed by atoms with Crippen LogP contribution in [0.1, 0.15) is 20.8 Å². The molecule has 0 atom stereocenters. The van der Waals surface area contributed by atoms with Gasteiger partial charge in [-0.2, -0.15) is 0 Å². The summed E-state index contributed by atoms with van der Waals surface area (Å²) in [6.45, 7) is 6.25. The van der Waals surface area contributed by atoms with Crippen molar-refractivity contribution in [3.8, 4) is 0 Å². The van der Waals surface area contributed by atoms with E-state index in [-0.39, 0.29) is 18.2 Å². The van der Waals surface area contributed by atoms with Gasteiger partial charge in [-0.05, 0) is 5.41 Å². The van der Waals surface area contributed by atoms with Gasteiger partial charge in [0.15, 0.2) is 0 Å². The third kappa shape index (κ3) is 17.9. The lowest BCUT2D eigenvalue weighted by Crippen LogP contribution is -2.09. The summed E-state index contributed by atoms with van der Waals surface area (Å²) in [4.78, 5) is 9.95. The van der Waals surface area contributed by atoms with E-state index in [4.69, 9.17) is 5.11 Å². The predicted octanol–water partition coefficient (Wildman–Crippen LogP) is 1.15. The van der Waals surface area contributed by atoms with Crippen LogP contribution in [0.15, 0.2) is 0 Å². The second-order valence-electron chi connectivity index (χ2n) is 3.53. The third-order valence-electron chi connectivity index (χ3n) is 0.922. The summed E-state index contributed by atoms with van der Waals surface area (Å²) in [5, 5.41) is 8.40. The Labute approximate surface area is 85.4 Å². The first-order chi connectivity index (χ1) is 5.68. The topological polar surface area (TPSA) is 115 Å². The minimum atomic E-state index is -3.90. The highest BCUT2D eigenvalue weighted by molar-refractivity contribution is 7.45. The highest BCUT2D eigenvalue weighted by Crippen LogP contribution is 2.34. The molecule has 5 N–H and O–H groups in total. The van der Waals surface area contributed by atoms with Crippen molar-refractivity contribution in [2.24, 2.45) is 5.41 Å². The van der Waals surface area contributed by atoms with Crippen LogP contribution in [0.2, 0.25) is 0 Å². The van der Waals surface area contributed by atoms with Crippen LogP contribution in [-0.2, 0) is 13.6 Å². The molecule has 0 aromatic carbocycles. The molecule has 90 valence electrons. The van der Waals surface area contributed by atoms with Gasteiger partial charge < -0.3 is 25.2 Å². The summed E-state index contributed by atoms with van der Waals surface area (Å²) in [5.74, 6) is 0. The molecule has 6 nitrogen and oxygen atoms in total. The van der Waals surface area contributed by atoms with Gasteiger partial charge in [-0.1, -0.05) is 20.8 Å². The first-order valence-electron chi connectivity index (χ1n) is 3.72. The number of hydrogen-bond donors (Lipinski definition) is 2. The number of aliphatic hydroxyl groups excluding tert-OH is 1. The van der Waals surface area contributed by atoms with E-state index in [1.165, 1.54) is 0 Å². The number of phosphoric acid groups is 1. The molecule has 14 heavy (non-hydrogen) atoms. The van der Waals surface area contributed by atoms with Gasteiger partial charge in [0, 0.05) is 20.8 Å². The molecular weight excluding hydrogens is 209 g/mol. The molecule has 0 saturated heterocycles. The summed E-state index contributed by atoms with van der Waals surface area (Å²) in [6, 6.07) is 0. The van der Waals surface area contributed by atoms with Crippen LogP contribution in [0.5, 0.6) is 0 Å². The Morgan fingerprint density at radius 2 is 1.50 bits per heavy atom. The Balaban J connectivity index is -0.000000163. The SMILES string of the molecule is CC(C)(C)CO.COP(=O)([O-])OC.[NH4+]. The van der Waals surface area contributed by atoms with E-state index in [1.54, 1.807) is 0 Å². The summed E-state index contributed by atoms with van der Waals surface area (Å²) in [7, 11) is -1.83. The molecule has 0 aliphatic heterocycles. The quantitative estimate of drug-likeness (QED) is 0.691. The van der Waals surface area contributed by atoms with E-state index in [2.05, 4.69) is 9.05 Å². The van der Waals surface area contributed by atoms with Crippen molar-refractivity contribution in [1.82, 2.24) is 6.15 Å². The molecule has 0 spiro atoms. The zero-order chi connectivity index (χ0) is 11.1. The first kappa shape index (κ1) is 19.6. The van der Waals surface area contributed by atoms with Gasteiger partial charge in [0.2, 0.25) is 0 Å². The van der Waals surface area contributed by atoms with Crippen molar-refractivity contribution < 1.29 is 23.6 Å². The zero-order valence-corrected chi connectivity index (χ0v) is 10.6. The number of hydrogen-bond acceptors (Lipinski definition) is 5. The molecule has 0 aliphatic carbocycles. The van der Waals surface area contributed by atoms with E-state index in [1.807, 2.05) is 20.8 Å². The molecule has 0 aliphatic rings. The van der Waals surface area contributed by atoms with E-state index in [0.29, 0.717) is 0 Å². The molecule has 0 rings (SSSR count). The molecule has 0 radical (unpaired) electrons. The minimum Gasteiger partial charge on any atom is -0.756 e. The molecule has 7 heteroatoms. The second-order valence-corrected chi connectivity index (χ2v) is 5.16. The monoisotopic (exact) mass is 231 g/mol. The van der Waals surface area contributed by atoms with Crippen LogP contribution < -0.4 is 11.0 Å². The Bertz CT molecular complexity index is 160. The van der Waals surface area contributed by atoms with Crippen molar-refractivity contribution in [2.45, 2.75) is 20.8 Å². The zero-order valence-electron chi connectivity index (χ0n) is 9.73. The molecule has 0 saturated carbocycles. The van der Waals surface area contributed by atoms with Gasteiger partial charge in [0.25, 0.3) is 7.82 Å². The largest absolute Gasteiger partial charge is 0.756 e. The second kappa shape index (κ2) is 8.35. The van der Waals surface area contributed by atoms with Crippen molar-refractivity contribution in [1.29, 1.82) is 0 Å². The van der Waals surface area contributed by atoms with Crippen molar-refractivity contribution in [2.75, 3.05) is 20.8 Å². The Kier molecular flexibility index (Phi) is 11.7. The summed E-state index contributed by atoms with van der Waals surface area (Å²) in [6.07, 6.45) is 0. The van der Waals surface area contributed by atoms with Crippen LogP contribution in [0.3, 0.4) is 0 Å². The van der Waals surface area contributed by atoms with Crippen LogP contribution >= 0.6 is 7.82 Å². The fraction of sp³-hybridized carbons (Fsp3) is 1.00. The Morgan fingerprint density at radius 3 is 1.50 bits per heavy atom. The highest BCUT2D eigenvalue weighted by atomic mass is 31.2. The van der Waals surface area contributed by atoms with Crippen molar-refractivity contribution in [3.63, 3.8) is 0 Å². The van der Waals surface area contributed by atoms with Gasteiger partial charge in [-0.25, -0.2) is 0 Å². The van der Waals surface area contributed by atoms with E-state index in [0.717, 1.165) is 14.2 Å². The normalized spacial score (nSPS) is 11.1. The Morgan fingerprint density at radius 1 is 1.29 bits per heavy atom. The predicted molar refractivity (Wildman–Crippen MR) is 54.2 cm³/mol. The first-order valence-corrected chi connectivity index (χ1v) is 5.18. The number of rotatable bonds is 2. The van der Waals surface area contributed by atoms with Gasteiger partial charge in [-0.3, -0.25) is 4.57 Å². The van der Waals surface area contributed by atoms with Gasteiger partial charge in [0.1, 0.15) is 0 Å². The maximum atomic E-state index is 9.95. The number of quaternary nitrogens is 1. The van der Waals surface area contributed by atoms with Gasteiger partial charge in [0.05, 0.1) is 0 Å². The molecule has 0 aromatic rings. The average molecular weight is 231 g/mol. The van der Waals surface area contributed by atoms with Crippen LogP contribution in [0, 0.1) is 5.41 Å². The summed E-state index contributed by atoms with van der Waals surface area (Å²) >= 11 is 0. The van der Waals surface area contributed by atoms with E-state index < -0.39 is 7.82 Å². The lowest BCUT2D eigenvalue weighted by Gasteiger charge is -2.16. The smallest absolute Gasteiger partial charge is 0.267 e. The third-order valence-corrected chi connectivity index (χ3v) is 1.82. The van der Waals surface area contributed by atoms with Gasteiger partial charge in [-0.15, -0.1) is 0 Å². The lowest BCUT2D eigenvalue weighted by molar-refractivity contribution is -0.220. The molecule has 0 bridgehead atoms. The minimum absolute atomic E-state index is 0. The Hall–Kier alpha value is 0.0300. The molecule has 0 aromatic heterocycles. The number of aliphatic hydroxyl groups is 1. The lowest BCUT2D eigenvalue weighted by atomic mass is 9.99. The maximum absolute atomic E-state index is 9.95. The molecule has 0 amide bonds. The highest BCUT2D eigenvalue weighted by Gasteiger charge is 2.05. The van der Waals surface area contributed by atoms with Crippen molar-refractivity contribution in [3.05, 3.63) is 0 Å². The standard InChI is InChI=1S/C5H12O.C2H7O4P.H3N/c1-5(2,3)4-6;1-5-7(3,4)6-2;/h6H,4H2,1-3H3;1-2H3,(H,3,4);1H3. The molecular formula is C7H22NO5P. The van der Waals surface area contributed by atoms with Gasteiger partial charge >= 0.3 is 0 Å². The van der Waals surface area contributed by atoms with Crippen molar-refractivity contribution >= 4 is 7.82 Å². The maximum Gasteiger partial charge on any atom is 0.267 e. The number of phosphoric ester groups is 1. The summed E-state index contributed by atoms with van der Waals surface area (Å²) in [5.41, 5.74) is 0.0972. The fourth-order valence-electron chi connectivity index (χ4n) is 0.0745. The van der Waals surface area contributed by atoms with E-state index >= 15 is 0 Å². The fourth-order valence-corrected chi connectivity index (χ4v) is 0.224. The molecule has 0 unspecified atom stereocenters. The van der Waals surface area contributed by atoms with E-state index in [9.17, 15) is 9.46 Å². The van der Waals surface area contributed by atoms with Crippen LogP contribution in [-0.4, -0.2) is 25.9 Å². The molecule has 0 fully saturated rings. The molecule has 0 heterocycles. The average Bonchev–Trinajstić information content (AvgIpc) is 2.04.